The summed E-state index contributed by atoms with van der Waals surface area (Å²) in [4.78, 5) is 33.9. The molecule has 0 aliphatic heterocycles. The second-order valence-corrected chi connectivity index (χ2v) is 5.79. The van der Waals surface area contributed by atoms with Gasteiger partial charge in [0.15, 0.2) is 0 Å². The Kier molecular flexibility index (Phi) is 6.59. The Labute approximate surface area is 157 Å². The van der Waals surface area contributed by atoms with E-state index in [9.17, 15) is 33.6 Å². The van der Waals surface area contributed by atoms with E-state index in [1.165, 1.54) is 19.2 Å². The zero-order valence-electron chi connectivity index (χ0n) is 14.6. The minimum absolute atomic E-state index is 0.182. The highest BCUT2D eigenvalue weighted by Crippen LogP contribution is 2.25. The Morgan fingerprint density at radius 1 is 1.25 bits per heavy atom. The van der Waals surface area contributed by atoms with Crippen molar-refractivity contribution >= 4 is 17.6 Å². The molecule has 8 nitrogen and oxygen atoms in total. The molecule has 28 heavy (non-hydrogen) atoms. The summed E-state index contributed by atoms with van der Waals surface area (Å²) >= 11 is 0. The minimum atomic E-state index is -1.49. The molecule has 0 spiro atoms. The molecule has 2 aromatic rings. The van der Waals surface area contributed by atoms with E-state index in [-0.39, 0.29) is 23.4 Å². The largest absolute Gasteiger partial charge is 0.496 e. The Bertz CT molecular complexity index is 899. The van der Waals surface area contributed by atoms with Gasteiger partial charge in [0, 0.05) is 29.7 Å². The van der Waals surface area contributed by atoms with Crippen LogP contribution < -0.4 is 10.1 Å². The molecule has 2 aromatic carbocycles. The highest BCUT2D eigenvalue weighted by Gasteiger charge is 2.24. The van der Waals surface area contributed by atoms with Crippen LogP contribution >= 0.6 is 0 Å². The van der Waals surface area contributed by atoms with Crippen molar-refractivity contribution in [3.8, 4) is 5.75 Å². The van der Waals surface area contributed by atoms with Crippen LogP contribution in [0, 0.1) is 21.7 Å². The molecule has 148 valence electrons. The molecule has 0 fully saturated rings. The minimum Gasteiger partial charge on any atom is -0.496 e. The van der Waals surface area contributed by atoms with Gasteiger partial charge in [-0.3, -0.25) is 14.9 Å². The molecule has 0 saturated heterocycles. The average Bonchev–Trinajstić information content (AvgIpc) is 2.64. The van der Waals surface area contributed by atoms with Crippen LogP contribution in [0.25, 0.3) is 0 Å². The van der Waals surface area contributed by atoms with Crippen LogP contribution in [0.3, 0.4) is 0 Å². The first-order valence-corrected chi connectivity index (χ1v) is 7.99. The van der Waals surface area contributed by atoms with Gasteiger partial charge in [0.1, 0.15) is 23.4 Å². The van der Waals surface area contributed by atoms with Crippen LogP contribution in [-0.4, -0.2) is 35.1 Å². The number of aliphatic carboxylic acids is 1. The Morgan fingerprint density at radius 2 is 1.89 bits per heavy atom. The molecule has 0 radical (unpaired) electrons. The molecule has 10 heteroatoms. The van der Waals surface area contributed by atoms with Crippen molar-refractivity contribution in [1.29, 1.82) is 0 Å². The molecule has 0 saturated carbocycles. The van der Waals surface area contributed by atoms with Gasteiger partial charge in [-0.15, -0.1) is 0 Å². The van der Waals surface area contributed by atoms with Crippen molar-refractivity contribution < 1.29 is 33.1 Å². The van der Waals surface area contributed by atoms with E-state index >= 15 is 0 Å². The lowest BCUT2D eigenvalue weighted by Gasteiger charge is -2.16. The average molecular weight is 394 g/mol. The predicted molar refractivity (Wildman–Crippen MR) is 93.0 cm³/mol. The molecule has 0 bridgehead atoms. The van der Waals surface area contributed by atoms with E-state index in [0.717, 1.165) is 24.3 Å². The van der Waals surface area contributed by atoms with Gasteiger partial charge in [0.05, 0.1) is 18.5 Å². The van der Waals surface area contributed by atoms with E-state index in [4.69, 9.17) is 4.74 Å². The summed E-state index contributed by atoms with van der Waals surface area (Å²) in [7, 11) is 1.31. The fraction of sp³-hybridized carbons (Fsp3) is 0.222. The number of nitro groups is 1. The van der Waals surface area contributed by atoms with Crippen molar-refractivity contribution in [3.63, 3.8) is 0 Å². The number of carboxylic acids is 1. The molecule has 0 heterocycles. The Balaban J connectivity index is 2.20. The molecule has 0 unspecified atom stereocenters. The van der Waals surface area contributed by atoms with E-state index < -0.39 is 46.5 Å². The number of nitro benzene ring substituents is 1. The van der Waals surface area contributed by atoms with Crippen LogP contribution in [0.4, 0.5) is 14.5 Å². The number of carbonyl (C=O) groups excluding carboxylic acids is 1. The smallest absolute Gasteiger partial charge is 0.326 e. The second kappa shape index (κ2) is 8.89. The number of hydrogen-bond donors (Lipinski definition) is 2. The summed E-state index contributed by atoms with van der Waals surface area (Å²) in [6.07, 6.45) is -1.03. The summed E-state index contributed by atoms with van der Waals surface area (Å²) in [5, 5.41) is 22.5. The number of amides is 1. The fourth-order valence-electron chi connectivity index (χ4n) is 2.57. The van der Waals surface area contributed by atoms with E-state index in [0.29, 0.717) is 0 Å². The van der Waals surface area contributed by atoms with Gasteiger partial charge in [0.2, 0.25) is 5.91 Å². The maximum absolute atomic E-state index is 13.7. The number of benzene rings is 2. The lowest BCUT2D eigenvalue weighted by atomic mass is 10.0. The normalized spacial score (nSPS) is 11.5. The van der Waals surface area contributed by atoms with Gasteiger partial charge < -0.3 is 15.2 Å². The monoisotopic (exact) mass is 394 g/mol. The van der Waals surface area contributed by atoms with Crippen LogP contribution in [-0.2, 0) is 22.4 Å². The van der Waals surface area contributed by atoms with E-state index in [1.807, 2.05) is 0 Å². The highest BCUT2D eigenvalue weighted by atomic mass is 19.1. The summed E-state index contributed by atoms with van der Waals surface area (Å²) < 4.78 is 32.4. The van der Waals surface area contributed by atoms with Crippen molar-refractivity contribution in [2.75, 3.05) is 7.11 Å². The fourth-order valence-corrected chi connectivity index (χ4v) is 2.57. The van der Waals surface area contributed by atoms with Gasteiger partial charge in [-0.1, -0.05) is 6.07 Å². The topological polar surface area (TPSA) is 119 Å². The lowest BCUT2D eigenvalue weighted by molar-refractivity contribution is -0.384. The van der Waals surface area contributed by atoms with Gasteiger partial charge in [-0.25, -0.2) is 13.6 Å². The van der Waals surface area contributed by atoms with Gasteiger partial charge in [-0.2, -0.15) is 0 Å². The van der Waals surface area contributed by atoms with Crippen molar-refractivity contribution in [3.05, 3.63) is 69.3 Å². The highest BCUT2D eigenvalue weighted by molar-refractivity contribution is 5.85. The summed E-state index contributed by atoms with van der Waals surface area (Å²) in [5.41, 5.74) is -0.585. The first kappa shape index (κ1) is 20.7. The van der Waals surface area contributed by atoms with Gasteiger partial charge in [0.25, 0.3) is 5.69 Å². The zero-order chi connectivity index (χ0) is 20.8. The summed E-state index contributed by atoms with van der Waals surface area (Å²) in [6.45, 7) is 0. The van der Waals surface area contributed by atoms with Crippen molar-refractivity contribution in [2.45, 2.75) is 18.9 Å². The number of nitrogens with zero attached hydrogens (tertiary/aromatic N) is 1. The number of carboxylic acid groups (broad SMARTS) is 1. The Hall–Kier alpha value is -3.56. The van der Waals surface area contributed by atoms with Gasteiger partial charge in [-0.05, 0) is 18.2 Å². The van der Waals surface area contributed by atoms with Crippen LogP contribution in [0.2, 0.25) is 0 Å². The third-order valence-corrected chi connectivity index (χ3v) is 3.93. The number of ether oxygens (including phenoxy) is 1. The maximum Gasteiger partial charge on any atom is 0.326 e. The van der Waals surface area contributed by atoms with Crippen molar-refractivity contribution in [1.82, 2.24) is 5.32 Å². The number of non-ortho nitro benzene ring substituents is 1. The number of carbonyl (C=O) groups is 2. The van der Waals surface area contributed by atoms with E-state index in [2.05, 4.69) is 5.32 Å². The first-order chi connectivity index (χ1) is 13.2. The summed E-state index contributed by atoms with van der Waals surface area (Å²) in [6, 6.07) is 5.25. The van der Waals surface area contributed by atoms with Crippen LogP contribution in [0.15, 0.2) is 36.4 Å². The molecule has 0 aromatic heterocycles. The first-order valence-electron chi connectivity index (χ1n) is 7.99. The van der Waals surface area contributed by atoms with Crippen LogP contribution in [0.1, 0.15) is 11.1 Å². The van der Waals surface area contributed by atoms with E-state index in [1.54, 1.807) is 0 Å². The molecule has 0 aliphatic rings. The molecule has 2 N–H and O–H groups in total. The molecular weight excluding hydrogens is 378 g/mol. The third kappa shape index (κ3) is 5.00. The molecule has 1 atom stereocenters. The third-order valence-electron chi connectivity index (χ3n) is 3.93. The van der Waals surface area contributed by atoms with Gasteiger partial charge >= 0.3 is 5.97 Å². The number of methoxy groups -OCH3 is 1. The molecule has 1 amide bonds. The Morgan fingerprint density at radius 3 is 2.43 bits per heavy atom. The predicted octanol–water partition coefficient (Wildman–Crippen LogP) is 2.24. The molecule has 0 aliphatic carbocycles. The quantitative estimate of drug-likeness (QED) is 0.524. The number of hydrogen-bond acceptors (Lipinski definition) is 5. The summed E-state index contributed by atoms with van der Waals surface area (Å²) in [5.74, 6) is -3.99. The van der Waals surface area contributed by atoms with Crippen molar-refractivity contribution in [2.24, 2.45) is 0 Å². The number of nitrogens with one attached hydrogen (secondary N) is 1. The molecule has 2 rings (SSSR count). The zero-order valence-corrected chi connectivity index (χ0v) is 14.6. The lowest BCUT2D eigenvalue weighted by Crippen LogP contribution is -2.43. The second-order valence-electron chi connectivity index (χ2n) is 5.79. The number of rotatable bonds is 8. The molecular formula is C18H16F2N2O6. The van der Waals surface area contributed by atoms with Crippen LogP contribution in [0.5, 0.6) is 5.75 Å². The standard InChI is InChI=1S/C18H16F2N2O6/c1-28-16-6-5-11(22(26)27)7-10(16)8-15(18(24)25)21-17(23)9-12-13(19)3-2-4-14(12)20/h2-7,15H,8-9H2,1H3,(H,21,23)(H,24,25)/t15-/m1/s1. The number of halogens is 2. The SMILES string of the molecule is COc1ccc([N+](=O)[O-])cc1C[C@@H](NC(=O)Cc1c(F)cccc1F)C(=O)O. The maximum atomic E-state index is 13.7.